The highest BCUT2D eigenvalue weighted by molar-refractivity contribution is 7.81. The summed E-state index contributed by atoms with van der Waals surface area (Å²) in [5.41, 5.74) is 2.39. The molecule has 0 radical (unpaired) electrons. The molecule has 0 saturated heterocycles. The largest absolute Gasteiger partial charge is 0.395 e. The van der Waals surface area contributed by atoms with Crippen molar-refractivity contribution in [2.75, 3.05) is 13.2 Å². The Labute approximate surface area is 154 Å². The van der Waals surface area contributed by atoms with Gasteiger partial charge in [-0.15, -0.1) is 0 Å². The van der Waals surface area contributed by atoms with Gasteiger partial charge in [-0.25, -0.2) is 0 Å². The Kier molecular flexibility index (Phi) is 5.92. The first-order valence-electron chi connectivity index (χ1n) is 8.37. The van der Waals surface area contributed by atoms with E-state index in [0.717, 1.165) is 16.7 Å². The summed E-state index contributed by atoms with van der Waals surface area (Å²) in [5.74, 6) is 0. The number of benzene rings is 3. The SMILES string of the molecule is OC[C@@H](S)COC(c1ccccc1)(c1ccccc1)c1ccccc1. The van der Waals surface area contributed by atoms with Crippen molar-refractivity contribution in [3.63, 3.8) is 0 Å². The smallest absolute Gasteiger partial charge is 0.143 e. The molecule has 0 aromatic heterocycles. The highest BCUT2D eigenvalue weighted by Gasteiger charge is 2.37. The minimum Gasteiger partial charge on any atom is -0.395 e. The van der Waals surface area contributed by atoms with Gasteiger partial charge in [0.05, 0.1) is 13.2 Å². The highest BCUT2D eigenvalue weighted by atomic mass is 32.1. The van der Waals surface area contributed by atoms with Crippen molar-refractivity contribution in [2.45, 2.75) is 10.9 Å². The highest BCUT2D eigenvalue weighted by Crippen LogP contribution is 2.40. The monoisotopic (exact) mass is 350 g/mol. The minimum atomic E-state index is -0.750. The van der Waals surface area contributed by atoms with E-state index in [0.29, 0.717) is 6.61 Å². The number of thiol groups is 1. The van der Waals surface area contributed by atoms with E-state index in [4.69, 9.17) is 4.74 Å². The molecule has 2 nitrogen and oxygen atoms in total. The van der Waals surface area contributed by atoms with Crippen molar-refractivity contribution < 1.29 is 9.84 Å². The van der Waals surface area contributed by atoms with Crippen molar-refractivity contribution in [3.05, 3.63) is 108 Å². The minimum absolute atomic E-state index is 0.0302. The first-order chi connectivity index (χ1) is 12.3. The van der Waals surface area contributed by atoms with Gasteiger partial charge in [-0.3, -0.25) is 0 Å². The second kappa shape index (κ2) is 8.34. The molecule has 0 aliphatic heterocycles. The van der Waals surface area contributed by atoms with Gasteiger partial charge >= 0.3 is 0 Å². The number of rotatable bonds is 7. The summed E-state index contributed by atoms with van der Waals surface area (Å²) < 4.78 is 6.50. The van der Waals surface area contributed by atoms with Crippen LogP contribution in [0.2, 0.25) is 0 Å². The molecule has 1 atom stereocenters. The number of hydrogen-bond donors (Lipinski definition) is 2. The Morgan fingerprint density at radius 1 is 0.720 bits per heavy atom. The lowest BCUT2D eigenvalue weighted by Gasteiger charge is -2.36. The zero-order valence-corrected chi connectivity index (χ0v) is 14.8. The van der Waals surface area contributed by atoms with Crippen LogP contribution in [-0.4, -0.2) is 23.6 Å². The van der Waals surface area contributed by atoms with Gasteiger partial charge in [-0.1, -0.05) is 91.0 Å². The third-order valence-electron chi connectivity index (χ3n) is 4.24. The Bertz CT molecular complexity index is 663. The Morgan fingerprint density at radius 3 is 1.40 bits per heavy atom. The molecule has 0 amide bonds. The molecule has 0 aliphatic rings. The molecule has 0 aliphatic carbocycles. The van der Waals surface area contributed by atoms with Crippen LogP contribution < -0.4 is 0 Å². The second-order valence-electron chi connectivity index (χ2n) is 5.93. The Balaban J connectivity index is 2.20. The molecule has 3 aromatic carbocycles. The molecule has 0 spiro atoms. The topological polar surface area (TPSA) is 29.5 Å². The number of aliphatic hydroxyl groups excluding tert-OH is 1. The molecule has 25 heavy (non-hydrogen) atoms. The van der Waals surface area contributed by atoms with Crippen LogP contribution in [-0.2, 0) is 10.3 Å². The predicted octanol–water partition coefficient (Wildman–Crippen LogP) is 4.29. The molecule has 0 heterocycles. The van der Waals surface area contributed by atoms with Gasteiger partial charge in [0.2, 0.25) is 0 Å². The zero-order valence-electron chi connectivity index (χ0n) is 14.0. The fourth-order valence-electron chi connectivity index (χ4n) is 3.04. The van der Waals surface area contributed by atoms with E-state index in [1.54, 1.807) is 0 Å². The van der Waals surface area contributed by atoms with Crippen LogP contribution in [0.3, 0.4) is 0 Å². The van der Waals surface area contributed by atoms with E-state index >= 15 is 0 Å². The summed E-state index contributed by atoms with van der Waals surface area (Å²) in [6.07, 6.45) is 0. The van der Waals surface area contributed by atoms with Crippen molar-refractivity contribution in [1.82, 2.24) is 0 Å². The number of ether oxygens (including phenoxy) is 1. The van der Waals surface area contributed by atoms with Gasteiger partial charge in [-0.2, -0.15) is 12.6 Å². The van der Waals surface area contributed by atoms with Gasteiger partial charge < -0.3 is 9.84 Å². The predicted molar refractivity (Wildman–Crippen MR) is 105 cm³/mol. The molecular formula is C22H22O2S. The molecule has 0 fully saturated rings. The lowest BCUT2D eigenvalue weighted by atomic mass is 9.80. The van der Waals surface area contributed by atoms with Crippen LogP contribution in [0.4, 0.5) is 0 Å². The van der Waals surface area contributed by atoms with Crippen molar-refractivity contribution in [3.8, 4) is 0 Å². The molecule has 1 N–H and O–H groups in total. The van der Waals surface area contributed by atoms with Crippen LogP contribution in [0.5, 0.6) is 0 Å². The van der Waals surface area contributed by atoms with E-state index in [1.807, 2.05) is 54.6 Å². The quantitative estimate of drug-likeness (QED) is 0.492. The maximum absolute atomic E-state index is 9.39. The number of aliphatic hydroxyl groups is 1. The van der Waals surface area contributed by atoms with Crippen LogP contribution in [0.1, 0.15) is 16.7 Å². The fourth-order valence-corrected chi connectivity index (χ4v) is 3.12. The molecule has 3 heteroatoms. The van der Waals surface area contributed by atoms with Gasteiger partial charge in [0.15, 0.2) is 0 Å². The third-order valence-corrected chi connectivity index (χ3v) is 4.56. The molecule has 0 bridgehead atoms. The molecule has 0 saturated carbocycles. The van der Waals surface area contributed by atoms with Crippen molar-refractivity contribution in [1.29, 1.82) is 0 Å². The summed E-state index contributed by atoms with van der Waals surface area (Å²) in [4.78, 5) is 0. The van der Waals surface area contributed by atoms with Crippen LogP contribution >= 0.6 is 12.6 Å². The van der Waals surface area contributed by atoms with E-state index in [9.17, 15) is 5.11 Å². The molecule has 128 valence electrons. The molecule has 3 aromatic rings. The average Bonchev–Trinajstić information content (AvgIpc) is 2.71. The normalized spacial score (nSPS) is 12.7. The third kappa shape index (κ3) is 3.79. The van der Waals surface area contributed by atoms with Gasteiger partial charge in [0.1, 0.15) is 5.60 Å². The molecular weight excluding hydrogens is 328 g/mol. The van der Waals surface area contributed by atoms with Gasteiger partial charge in [0, 0.05) is 5.25 Å². The van der Waals surface area contributed by atoms with Crippen molar-refractivity contribution >= 4 is 12.6 Å². The summed E-state index contributed by atoms with van der Waals surface area (Å²) in [5, 5.41) is 9.15. The lowest BCUT2D eigenvalue weighted by molar-refractivity contribution is 0.00891. The van der Waals surface area contributed by atoms with Crippen LogP contribution in [0, 0.1) is 0 Å². The van der Waals surface area contributed by atoms with Crippen LogP contribution in [0.15, 0.2) is 91.0 Å². The maximum atomic E-state index is 9.39. The standard InChI is InChI=1S/C22H22O2S/c23-16-21(25)17-24-22(18-10-4-1-5-11-18,19-12-6-2-7-13-19)20-14-8-3-9-15-20/h1-15,21,23,25H,16-17H2/t21-/m1/s1. The van der Waals surface area contributed by atoms with E-state index in [2.05, 4.69) is 49.0 Å². The molecule has 3 rings (SSSR count). The van der Waals surface area contributed by atoms with Crippen molar-refractivity contribution in [2.24, 2.45) is 0 Å². The first kappa shape index (κ1) is 17.7. The van der Waals surface area contributed by atoms with Gasteiger partial charge in [-0.05, 0) is 16.7 Å². The summed E-state index contributed by atoms with van der Waals surface area (Å²) >= 11 is 4.40. The zero-order chi connectivity index (χ0) is 17.5. The fraction of sp³-hybridized carbons (Fsp3) is 0.182. The van der Waals surface area contributed by atoms with Gasteiger partial charge in [0.25, 0.3) is 0 Å². The number of hydrogen-bond acceptors (Lipinski definition) is 3. The maximum Gasteiger partial charge on any atom is 0.143 e. The van der Waals surface area contributed by atoms with E-state index < -0.39 is 5.60 Å². The van der Waals surface area contributed by atoms with Crippen LogP contribution in [0.25, 0.3) is 0 Å². The Morgan fingerprint density at radius 2 is 1.08 bits per heavy atom. The van der Waals surface area contributed by atoms with E-state index in [-0.39, 0.29) is 11.9 Å². The summed E-state index contributed by atoms with van der Waals surface area (Å²) in [6, 6.07) is 30.6. The second-order valence-corrected chi connectivity index (χ2v) is 6.66. The summed E-state index contributed by atoms with van der Waals surface area (Å²) in [7, 11) is 0. The van der Waals surface area contributed by atoms with E-state index in [1.165, 1.54) is 0 Å². The average molecular weight is 350 g/mol. The molecule has 0 unspecified atom stereocenters. The first-order valence-corrected chi connectivity index (χ1v) is 8.88. The Hall–Kier alpha value is -2.07. The lowest BCUT2D eigenvalue weighted by Crippen LogP contribution is -2.35. The summed E-state index contributed by atoms with van der Waals surface area (Å²) in [6.45, 7) is 0.301.